The number of rotatable bonds is 5. The van der Waals surface area contributed by atoms with E-state index in [-0.39, 0.29) is 15.6 Å². The lowest BCUT2D eigenvalue weighted by molar-refractivity contribution is 0.0976. The monoisotopic (exact) mass is 423 g/mol. The fourth-order valence-corrected chi connectivity index (χ4v) is 4.18. The minimum absolute atomic E-state index is 0.00287. The maximum atomic E-state index is 12.6. The first-order chi connectivity index (χ1) is 12.8. The average Bonchev–Trinajstić information content (AvgIpc) is 3.06. The summed E-state index contributed by atoms with van der Waals surface area (Å²) in [6.45, 7) is 1.83. The molecule has 2 N–H and O–H groups in total. The van der Waals surface area contributed by atoms with Gasteiger partial charge >= 0.3 is 0 Å². The molecule has 3 rings (SSSR count). The number of carbonyl (C=O) groups is 1. The van der Waals surface area contributed by atoms with Crippen LogP contribution < -0.4 is 4.72 Å². The third-order valence-corrected chi connectivity index (χ3v) is 5.86. The van der Waals surface area contributed by atoms with Gasteiger partial charge in [0.1, 0.15) is 10.7 Å². The minimum Gasteiger partial charge on any atom is -0.341 e. The second-order valence-electron chi connectivity index (χ2n) is 5.64. The molecule has 0 spiro atoms. The zero-order valence-corrected chi connectivity index (χ0v) is 16.5. The summed E-state index contributed by atoms with van der Waals surface area (Å²) in [5.41, 5.74) is 1.20. The molecule has 0 aliphatic carbocycles. The van der Waals surface area contributed by atoms with E-state index in [1.165, 1.54) is 18.2 Å². The van der Waals surface area contributed by atoms with Crippen molar-refractivity contribution in [3.8, 4) is 11.4 Å². The van der Waals surface area contributed by atoms with Crippen LogP contribution in [-0.2, 0) is 16.4 Å². The Balaban J connectivity index is 1.94. The Hall–Kier alpha value is -2.35. The summed E-state index contributed by atoms with van der Waals surface area (Å²) >= 11 is 11.9. The molecule has 0 atom stereocenters. The molecule has 0 saturated carbocycles. The van der Waals surface area contributed by atoms with Crippen molar-refractivity contribution in [1.29, 1.82) is 0 Å². The number of sulfonamides is 1. The Bertz CT molecular complexity index is 1110. The average molecular weight is 424 g/mol. The highest BCUT2D eigenvalue weighted by Gasteiger charge is 2.25. The first-order valence-electron chi connectivity index (χ1n) is 7.98. The van der Waals surface area contributed by atoms with E-state index in [2.05, 4.69) is 9.97 Å². The van der Waals surface area contributed by atoms with Gasteiger partial charge in [0.15, 0.2) is 5.69 Å². The van der Waals surface area contributed by atoms with Crippen molar-refractivity contribution in [2.75, 3.05) is 0 Å². The summed E-state index contributed by atoms with van der Waals surface area (Å²) in [4.78, 5) is 19.7. The molecule has 1 amide bonds. The van der Waals surface area contributed by atoms with Gasteiger partial charge in [-0.15, -0.1) is 0 Å². The molecular formula is C18H15Cl2N3O3S. The van der Waals surface area contributed by atoms with Gasteiger partial charge in [-0.2, -0.15) is 0 Å². The van der Waals surface area contributed by atoms with Crippen molar-refractivity contribution in [3.05, 3.63) is 70.0 Å². The summed E-state index contributed by atoms with van der Waals surface area (Å²) in [6.07, 6.45) is 0.461. The number of H-pyrrole nitrogens is 1. The number of nitrogens with zero attached hydrogens (tertiary/aromatic N) is 1. The number of aromatic nitrogens is 2. The van der Waals surface area contributed by atoms with Crippen LogP contribution in [0, 0.1) is 0 Å². The lowest BCUT2D eigenvalue weighted by atomic mass is 10.2. The quantitative estimate of drug-likeness (QED) is 0.646. The molecule has 1 heterocycles. The molecule has 0 radical (unpaired) electrons. The van der Waals surface area contributed by atoms with Gasteiger partial charge in [-0.1, -0.05) is 54.4 Å². The van der Waals surface area contributed by atoms with Crippen molar-refractivity contribution in [2.24, 2.45) is 0 Å². The van der Waals surface area contributed by atoms with Crippen LogP contribution in [0.4, 0.5) is 0 Å². The zero-order valence-electron chi connectivity index (χ0n) is 14.2. The van der Waals surface area contributed by atoms with Crippen LogP contribution in [0.15, 0.2) is 53.4 Å². The van der Waals surface area contributed by atoms with E-state index in [1.807, 2.05) is 11.6 Å². The molecule has 0 unspecified atom stereocenters. The molecule has 0 bridgehead atoms. The summed E-state index contributed by atoms with van der Waals surface area (Å²) in [5, 5.41) is 0.546. The van der Waals surface area contributed by atoms with Crippen LogP contribution in [0.5, 0.6) is 0 Å². The fraction of sp³-hybridized carbons (Fsp3) is 0.111. The van der Waals surface area contributed by atoms with Crippen LogP contribution in [0.3, 0.4) is 0 Å². The number of hydrogen-bond donors (Lipinski definition) is 2. The van der Waals surface area contributed by atoms with Gasteiger partial charge in [0, 0.05) is 16.3 Å². The number of halogens is 2. The van der Waals surface area contributed by atoms with Crippen molar-refractivity contribution < 1.29 is 13.2 Å². The highest BCUT2D eigenvalue weighted by Crippen LogP contribution is 2.23. The van der Waals surface area contributed by atoms with E-state index in [0.717, 1.165) is 0 Å². The molecule has 1 aromatic heterocycles. The third-order valence-electron chi connectivity index (χ3n) is 3.80. The lowest BCUT2D eigenvalue weighted by Gasteiger charge is -2.07. The van der Waals surface area contributed by atoms with Crippen LogP contribution in [0.2, 0.25) is 10.0 Å². The van der Waals surface area contributed by atoms with Crippen molar-refractivity contribution in [3.63, 3.8) is 0 Å². The fourth-order valence-electron chi connectivity index (χ4n) is 2.51. The van der Waals surface area contributed by atoms with Crippen LogP contribution >= 0.6 is 23.2 Å². The van der Waals surface area contributed by atoms with Gasteiger partial charge in [-0.25, -0.2) is 18.1 Å². The van der Waals surface area contributed by atoms with Crippen molar-refractivity contribution >= 4 is 39.1 Å². The predicted molar refractivity (Wildman–Crippen MR) is 105 cm³/mol. The number of amides is 1. The maximum absolute atomic E-state index is 12.6. The van der Waals surface area contributed by atoms with E-state index in [0.29, 0.717) is 28.5 Å². The van der Waals surface area contributed by atoms with E-state index in [9.17, 15) is 13.2 Å². The number of aryl methyl sites for hydroxylation is 1. The topological polar surface area (TPSA) is 91.9 Å². The molecule has 0 aliphatic heterocycles. The SMILES string of the molecule is CCc1[nH]c(-c2cccc(Cl)c2)nc1C(=O)NS(=O)(=O)c1ccccc1Cl. The first kappa shape index (κ1) is 19.4. The molecule has 0 saturated heterocycles. The van der Waals surface area contributed by atoms with E-state index >= 15 is 0 Å². The number of nitrogens with one attached hydrogen (secondary N) is 2. The predicted octanol–water partition coefficient (Wildman–Crippen LogP) is 4.06. The van der Waals surface area contributed by atoms with Crippen LogP contribution in [0.1, 0.15) is 23.1 Å². The smallest absolute Gasteiger partial charge is 0.285 e. The van der Waals surface area contributed by atoms with Gasteiger partial charge in [-0.05, 0) is 30.7 Å². The number of aromatic amines is 1. The third kappa shape index (κ3) is 4.16. The summed E-state index contributed by atoms with van der Waals surface area (Å²) in [6, 6.07) is 12.8. The molecule has 27 heavy (non-hydrogen) atoms. The Morgan fingerprint density at radius 2 is 1.89 bits per heavy atom. The molecule has 6 nitrogen and oxygen atoms in total. The number of hydrogen-bond acceptors (Lipinski definition) is 4. The summed E-state index contributed by atoms with van der Waals surface area (Å²) in [7, 11) is -4.13. The summed E-state index contributed by atoms with van der Waals surface area (Å²) < 4.78 is 27.0. The summed E-state index contributed by atoms with van der Waals surface area (Å²) in [5.74, 6) is -0.411. The Morgan fingerprint density at radius 1 is 1.15 bits per heavy atom. The highest BCUT2D eigenvalue weighted by atomic mass is 35.5. The normalized spacial score (nSPS) is 11.4. The molecular weight excluding hydrogens is 409 g/mol. The highest BCUT2D eigenvalue weighted by molar-refractivity contribution is 7.90. The molecule has 140 valence electrons. The second-order valence-corrected chi connectivity index (χ2v) is 8.14. The zero-order chi connectivity index (χ0) is 19.6. The number of benzene rings is 2. The van der Waals surface area contributed by atoms with Crippen molar-refractivity contribution in [1.82, 2.24) is 14.7 Å². The lowest BCUT2D eigenvalue weighted by Crippen LogP contribution is -2.31. The minimum atomic E-state index is -4.13. The van der Waals surface area contributed by atoms with Crippen LogP contribution in [0.25, 0.3) is 11.4 Å². The van der Waals surface area contributed by atoms with E-state index in [1.54, 1.807) is 30.3 Å². The Kier molecular flexibility index (Phi) is 5.55. The largest absolute Gasteiger partial charge is 0.341 e. The van der Waals surface area contributed by atoms with Crippen molar-refractivity contribution in [2.45, 2.75) is 18.2 Å². The standard InChI is InChI=1S/C18H15Cl2N3O3S/c1-2-14-16(22-17(21-14)11-6-5-7-12(19)10-11)18(24)23-27(25,26)15-9-4-3-8-13(15)20/h3-10H,2H2,1H3,(H,21,22)(H,23,24). The number of carbonyl (C=O) groups excluding carboxylic acids is 1. The van der Waals surface area contributed by atoms with E-state index < -0.39 is 15.9 Å². The van der Waals surface area contributed by atoms with Gasteiger partial charge < -0.3 is 4.98 Å². The van der Waals surface area contributed by atoms with Crippen LogP contribution in [-0.4, -0.2) is 24.3 Å². The van der Waals surface area contributed by atoms with Gasteiger partial charge in [0.25, 0.3) is 15.9 Å². The maximum Gasteiger partial charge on any atom is 0.285 e. The second kappa shape index (κ2) is 7.72. The molecule has 2 aromatic carbocycles. The van der Waals surface area contributed by atoms with E-state index in [4.69, 9.17) is 23.2 Å². The Morgan fingerprint density at radius 3 is 2.56 bits per heavy atom. The molecule has 9 heteroatoms. The molecule has 0 fully saturated rings. The Labute approximate surface area is 166 Å². The number of imidazole rings is 1. The van der Waals surface area contributed by atoms with Gasteiger partial charge in [-0.3, -0.25) is 4.79 Å². The molecule has 0 aliphatic rings. The first-order valence-corrected chi connectivity index (χ1v) is 10.2. The van der Waals surface area contributed by atoms with Gasteiger partial charge in [0.05, 0.1) is 5.02 Å². The molecule has 3 aromatic rings. The van der Waals surface area contributed by atoms with Gasteiger partial charge in [0.2, 0.25) is 0 Å².